The van der Waals surface area contributed by atoms with Crippen LogP contribution in [0, 0.1) is 0 Å². The van der Waals surface area contributed by atoms with Crippen LogP contribution in [0.15, 0.2) is 66.7 Å². The van der Waals surface area contributed by atoms with Crippen molar-refractivity contribution in [3.8, 4) is 5.75 Å². The molecule has 0 bridgehead atoms. The molecule has 2 aromatic carbocycles. The highest BCUT2D eigenvalue weighted by Crippen LogP contribution is 2.28. The second-order valence-electron chi connectivity index (χ2n) is 6.47. The number of rotatable bonds is 9. The predicted octanol–water partition coefficient (Wildman–Crippen LogP) is 2.86. The van der Waals surface area contributed by atoms with E-state index >= 15 is 0 Å². The van der Waals surface area contributed by atoms with E-state index in [0.29, 0.717) is 24.0 Å². The summed E-state index contributed by atoms with van der Waals surface area (Å²) in [4.78, 5) is 35.7. The van der Waals surface area contributed by atoms with Crippen LogP contribution in [-0.4, -0.2) is 41.4 Å². The number of methoxy groups -OCH3 is 1. The zero-order chi connectivity index (χ0) is 22.6. The van der Waals surface area contributed by atoms with E-state index in [2.05, 4.69) is 5.32 Å². The Morgan fingerprint density at radius 1 is 1.06 bits per heavy atom. The van der Waals surface area contributed by atoms with Gasteiger partial charge in [0.2, 0.25) is 0 Å². The van der Waals surface area contributed by atoms with Crippen LogP contribution in [0.1, 0.15) is 34.9 Å². The van der Waals surface area contributed by atoms with Gasteiger partial charge in [-0.2, -0.15) is 0 Å². The van der Waals surface area contributed by atoms with Gasteiger partial charge in [-0.1, -0.05) is 36.4 Å². The van der Waals surface area contributed by atoms with E-state index in [1.54, 1.807) is 42.5 Å². The fourth-order valence-electron chi connectivity index (χ4n) is 2.80. The van der Waals surface area contributed by atoms with E-state index in [1.807, 2.05) is 0 Å². The summed E-state index contributed by atoms with van der Waals surface area (Å²) in [6, 6.07) is 14.3. The van der Waals surface area contributed by atoms with Crippen molar-refractivity contribution in [2.24, 2.45) is 0 Å². The second kappa shape index (κ2) is 12.1. The first-order valence-electron chi connectivity index (χ1n) is 9.44. The molecule has 9 nitrogen and oxygen atoms in total. The maximum absolute atomic E-state index is 12.4. The molecule has 9 heteroatoms. The number of hydrogen-bond donors (Lipinski definition) is 4. The molecule has 0 heterocycles. The third kappa shape index (κ3) is 7.57. The van der Waals surface area contributed by atoms with E-state index in [0.717, 1.165) is 6.08 Å². The van der Waals surface area contributed by atoms with Gasteiger partial charge in [-0.05, 0) is 42.7 Å². The van der Waals surface area contributed by atoms with Gasteiger partial charge in [-0.25, -0.2) is 10.3 Å². The highest BCUT2D eigenvalue weighted by atomic mass is 16.6. The number of imide groups is 1. The van der Waals surface area contributed by atoms with Crippen LogP contribution in [0.4, 0.5) is 4.79 Å². The molecule has 31 heavy (non-hydrogen) atoms. The Balaban J connectivity index is 2.12. The average Bonchev–Trinajstić information content (AvgIpc) is 2.79. The molecule has 0 radical (unpaired) electrons. The van der Waals surface area contributed by atoms with Crippen LogP contribution in [0.25, 0.3) is 0 Å². The molecule has 2 aromatic rings. The van der Waals surface area contributed by atoms with E-state index in [9.17, 15) is 19.5 Å². The number of phenols is 1. The lowest BCUT2D eigenvalue weighted by Crippen LogP contribution is -2.35. The Morgan fingerprint density at radius 3 is 2.35 bits per heavy atom. The van der Waals surface area contributed by atoms with E-state index < -0.39 is 30.1 Å². The molecule has 164 valence electrons. The van der Waals surface area contributed by atoms with Gasteiger partial charge in [-0.15, -0.1) is 0 Å². The molecule has 0 fully saturated rings. The number of amides is 3. The van der Waals surface area contributed by atoms with Crippen molar-refractivity contribution < 1.29 is 34.2 Å². The number of carbonyl (C=O) groups is 3. The van der Waals surface area contributed by atoms with Gasteiger partial charge in [-0.3, -0.25) is 20.1 Å². The number of aromatic hydroxyl groups is 1. The van der Waals surface area contributed by atoms with Crippen molar-refractivity contribution in [2.75, 3.05) is 7.11 Å². The smallest absolute Gasteiger partial charge is 0.414 e. The van der Waals surface area contributed by atoms with Crippen LogP contribution in [0.2, 0.25) is 0 Å². The molecule has 0 aliphatic rings. The zero-order valence-corrected chi connectivity index (χ0v) is 16.9. The molecular formula is C22H24N2O7. The summed E-state index contributed by atoms with van der Waals surface area (Å²) in [5, 5.41) is 20.2. The van der Waals surface area contributed by atoms with Crippen LogP contribution in [-0.2, 0) is 14.3 Å². The Morgan fingerprint density at radius 2 is 1.74 bits per heavy atom. The number of phenolic OH excluding ortho intramolecular Hbond substituents is 1. The largest absolute Gasteiger partial charge is 0.508 e. The first-order chi connectivity index (χ1) is 14.9. The Bertz CT molecular complexity index is 898. The van der Waals surface area contributed by atoms with E-state index in [1.165, 1.54) is 30.8 Å². The molecule has 2 atom stereocenters. The fourth-order valence-corrected chi connectivity index (χ4v) is 2.80. The molecule has 0 aromatic heterocycles. The number of hydrogen-bond acceptors (Lipinski definition) is 7. The molecule has 0 spiro atoms. The summed E-state index contributed by atoms with van der Waals surface area (Å²) >= 11 is 0. The third-order valence-corrected chi connectivity index (χ3v) is 4.34. The number of benzene rings is 2. The van der Waals surface area contributed by atoms with Gasteiger partial charge in [0.05, 0.1) is 6.10 Å². The number of nitrogens with one attached hydrogen (secondary N) is 2. The lowest BCUT2D eigenvalue weighted by Gasteiger charge is -2.26. The maximum atomic E-state index is 12.4. The topological polar surface area (TPSA) is 134 Å². The van der Waals surface area contributed by atoms with Gasteiger partial charge < -0.3 is 14.6 Å². The quantitative estimate of drug-likeness (QED) is 0.274. The summed E-state index contributed by atoms with van der Waals surface area (Å²) in [5.41, 5.74) is 2.34. The highest BCUT2D eigenvalue weighted by molar-refractivity contribution is 6.02. The molecule has 3 amide bonds. The van der Waals surface area contributed by atoms with Crippen molar-refractivity contribution in [1.29, 1.82) is 0 Å². The van der Waals surface area contributed by atoms with Crippen molar-refractivity contribution in [1.82, 2.24) is 10.8 Å². The Kier molecular flexibility index (Phi) is 9.21. The third-order valence-electron chi connectivity index (χ3n) is 4.34. The molecule has 4 N–H and O–H groups in total. The van der Waals surface area contributed by atoms with Crippen molar-refractivity contribution in [2.45, 2.75) is 25.0 Å². The number of hydroxylamine groups is 1. The SMILES string of the molecule is CO[C@@H](CC/C=C/C(=O)NO)[C@@H](OC(=O)NC(=O)c1ccccc1)c1ccc(O)cc1. The molecule has 0 saturated carbocycles. The van der Waals surface area contributed by atoms with Crippen LogP contribution >= 0.6 is 0 Å². The van der Waals surface area contributed by atoms with Gasteiger partial charge >= 0.3 is 6.09 Å². The fraction of sp³-hybridized carbons (Fsp3) is 0.227. The standard InChI is InChI=1S/C22H24N2O7/c1-30-18(9-5-6-10-19(26)24-29)20(15-11-13-17(25)14-12-15)31-22(28)23-21(27)16-7-3-2-4-8-16/h2-4,6-8,10-14,18,20,25,29H,5,9H2,1H3,(H,24,26)(H,23,27,28)/b10-6+/t18-,20-/m0/s1. The van der Waals surface area contributed by atoms with Gasteiger partial charge in [0.25, 0.3) is 11.8 Å². The maximum Gasteiger partial charge on any atom is 0.414 e. The molecular weight excluding hydrogens is 404 g/mol. The van der Waals surface area contributed by atoms with Gasteiger partial charge in [0.15, 0.2) is 6.10 Å². The lowest BCUT2D eigenvalue weighted by molar-refractivity contribution is -0.124. The minimum Gasteiger partial charge on any atom is -0.508 e. The Hall–Kier alpha value is -3.69. The van der Waals surface area contributed by atoms with Crippen molar-refractivity contribution in [3.63, 3.8) is 0 Å². The molecule has 0 aliphatic carbocycles. The normalized spacial score (nSPS) is 12.7. The minimum atomic E-state index is -0.954. The second-order valence-corrected chi connectivity index (χ2v) is 6.47. The molecule has 0 saturated heterocycles. The number of ether oxygens (including phenoxy) is 2. The van der Waals surface area contributed by atoms with Gasteiger partial charge in [0, 0.05) is 18.7 Å². The van der Waals surface area contributed by atoms with Gasteiger partial charge in [0.1, 0.15) is 5.75 Å². The average molecular weight is 428 g/mol. The highest BCUT2D eigenvalue weighted by Gasteiger charge is 2.27. The monoisotopic (exact) mass is 428 g/mol. The van der Waals surface area contributed by atoms with Crippen molar-refractivity contribution in [3.05, 3.63) is 77.9 Å². The summed E-state index contributed by atoms with van der Waals surface area (Å²) < 4.78 is 11.0. The van der Waals surface area contributed by atoms with Crippen LogP contribution in [0.3, 0.4) is 0 Å². The zero-order valence-electron chi connectivity index (χ0n) is 16.9. The Labute approximate surface area is 179 Å². The summed E-state index contributed by atoms with van der Waals surface area (Å²) in [6.07, 6.45) is 0.965. The number of carbonyl (C=O) groups excluding carboxylic acids is 3. The van der Waals surface area contributed by atoms with E-state index in [4.69, 9.17) is 14.7 Å². The summed E-state index contributed by atoms with van der Waals surface area (Å²) in [7, 11) is 1.44. The lowest BCUT2D eigenvalue weighted by atomic mass is 10.00. The predicted molar refractivity (Wildman–Crippen MR) is 110 cm³/mol. The van der Waals surface area contributed by atoms with Crippen molar-refractivity contribution >= 4 is 17.9 Å². The first kappa shape index (κ1) is 23.6. The molecule has 2 rings (SSSR count). The number of allylic oxidation sites excluding steroid dienone is 1. The molecule has 0 aliphatic heterocycles. The van der Waals surface area contributed by atoms with Crippen LogP contribution < -0.4 is 10.8 Å². The van der Waals surface area contributed by atoms with Crippen LogP contribution in [0.5, 0.6) is 5.75 Å². The number of alkyl carbamates (subject to hydrolysis) is 1. The minimum absolute atomic E-state index is 0.0399. The molecule has 0 unspecified atom stereocenters. The first-order valence-corrected chi connectivity index (χ1v) is 9.44. The van der Waals surface area contributed by atoms with E-state index in [-0.39, 0.29) is 5.75 Å². The summed E-state index contributed by atoms with van der Waals surface area (Å²) in [5.74, 6) is -1.24. The summed E-state index contributed by atoms with van der Waals surface area (Å²) in [6.45, 7) is 0.